The van der Waals surface area contributed by atoms with Crippen molar-refractivity contribution in [1.82, 2.24) is 14.6 Å². The van der Waals surface area contributed by atoms with E-state index in [-0.39, 0.29) is 0 Å². The topological polar surface area (TPSA) is 42.2 Å². The molecule has 0 aliphatic heterocycles. The van der Waals surface area contributed by atoms with E-state index in [4.69, 9.17) is 0 Å². The maximum Gasteiger partial charge on any atom is 0.152 e. The lowest BCUT2D eigenvalue weighted by Crippen LogP contribution is -2.11. The van der Waals surface area contributed by atoms with Crippen molar-refractivity contribution in [3.63, 3.8) is 0 Å². The Hall–Kier alpha value is -1.88. The van der Waals surface area contributed by atoms with Gasteiger partial charge in [-0.25, -0.2) is 9.50 Å². The Kier molecular flexibility index (Phi) is 3.46. The number of nitrogens with one attached hydrogen (secondary N) is 1. The molecular formula is C14H16N4S. The van der Waals surface area contributed by atoms with Crippen molar-refractivity contribution in [2.45, 2.75) is 25.8 Å². The van der Waals surface area contributed by atoms with Crippen molar-refractivity contribution in [2.75, 3.05) is 5.32 Å². The summed E-state index contributed by atoms with van der Waals surface area (Å²) in [7, 11) is 0. The van der Waals surface area contributed by atoms with E-state index in [0.29, 0.717) is 6.04 Å². The lowest BCUT2D eigenvalue weighted by molar-refractivity contribution is 0.684. The largest absolute Gasteiger partial charge is 0.361 e. The van der Waals surface area contributed by atoms with Gasteiger partial charge in [-0.1, -0.05) is 19.4 Å². The molecule has 1 atom stereocenters. The molecule has 0 aliphatic carbocycles. The van der Waals surface area contributed by atoms with Crippen LogP contribution in [0.5, 0.6) is 0 Å². The van der Waals surface area contributed by atoms with Gasteiger partial charge in [0.15, 0.2) is 5.82 Å². The van der Waals surface area contributed by atoms with Gasteiger partial charge in [-0.2, -0.15) is 5.10 Å². The molecule has 0 aromatic carbocycles. The molecule has 0 radical (unpaired) electrons. The van der Waals surface area contributed by atoms with E-state index in [1.54, 1.807) is 23.7 Å². The lowest BCUT2D eigenvalue weighted by Gasteiger charge is -2.17. The summed E-state index contributed by atoms with van der Waals surface area (Å²) in [5.74, 6) is 0.895. The first kappa shape index (κ1) is 12.2. The number of nitrogens with zero attached hydrogens (tertiary/aromatic N) is 3. The number of aromatic nitrogens is 3. The predicted molar refractivity (Wildman–Crippen MR) is 78.6 cm³/mol. The monoisotopic (exact) mass is 272 g/mol. The van der Waals surface area contributed by atoms with Crippen molar-refractivity contribution < 1.29 is 0 Å². The SMILES string of the molecule is CCCC(Nc1nccn2nccc12)c1cccs1. The van der Waals surface area contributed by atoms with E-state index >= 15 is 0 Å². The van der Waals surface area contributed by atoms with Gasteiger partial charge in [-0.3, -0.25) is 0 Å². The van der Waals surface area contributed by atoms with Crippen LogP contribution in [0.4, 0.5) is 5.82 Å². The number of anilines is 1. The van der Waals surface area contributed by atoms with Gasteiger partial charge in [0, 0.05) is 17.3 Å². The van der Waals surface area contributed by atoms with Gasteiger partial charge >= 0.3 is 0 Å². The fourth-order valence-electron chi connectivity index (χ4n) is 2.20. The highest BCUT2D eigenvalue weighted by molar-refractivity contribution is 7.10. The lowest BCUT2D eigenvalue weighted by atomic mass is 10.1. The molecule has 0 spiro atoms. The summed E-state index contributed by atoms with van der Waals surface area (Å²) in [6, 6.07) is 6.57. The van der Waals surface area contributed by atoms with Crippen LogP contribution in [-0.4, -0.2) is 14.6 Å². The summed E-state index contributed by atoms with van der Waals surface area (Å²) in [5.41, 5.74) is 1.01. The summed E-state index contributed by atoms with van der Waals surface area (Å²) in [4.78, 5) is 5.80. The standard InChI is InChI=1S/C14H16N4S/c1-2-4-11(13-5-3-10-19-13)17-14-12-6-7-16-18(12)9-8-15-14/h3,5-11H,2,4H2,1H3,(H,15,17). The molecule has 5 heteroatoms. The van der Waals surface area contributed by atoms with Crippen LogP contribution in [0.1, 0.15) is 30.7 Å². The molecule has 4 nitrogen and oxygen atoms in total. The minimum atomic E-state index is 0.318. The van der Waals surface area contributed by atoms with Gasteiger partial charge in [0.25, 0.3) is 0 Å². The Morgan fingerprint density at radius 3 is 3.11 bits per heavy atom. The maximum absolute atomic E-state index is 4.44. The van der Waals surface area contributed by atoms with Gasteiger partial charge in [0.2, 0.25) is 0 Å². The number of hydrogen-bond donors (Lipinski definition) is 1. The molecule has 19 heavy (non-hydrogen) atoms. The summed E-state index contributed by atoms with van der Waals surface area (Å²) in [5, 5.41) is 9.90. The zero-order valence-corrected chi connectivity index (χ0v) is 11.6. The Balaban J connectivity index is 1.91. The molecule has 3 aromatic heterocycles. The van der Waals surface area contributed by atoms with Crippen molar-refractivity contribution in [3.8, 4) is 0 Å². The maximum atomic E-state index is 4.44. The fraction of sp³-hybridized carbons (Fsp3) is 0.286. The molecule has 0 saturated carbocycles. The van der Waals surface area contributed by atoms with E-state index in [1.807, 2.05) is 16.8 Å². The van der Waals surface area contributed by atoms with Crippen LogP contribution in [-0.2, 0) is 0 Å². The Labute approximate surface area is 116 Å². The summed E-state index contributed by atoms with van der Waals surface area (Å²) in [6.45, 7) is 2.20. The van der Waals surface area contributed by atoms with E-state index in [1.165, 1.54) is 4.88 Å². The molecule has 0 bridgehead atoms. The van der Waals surface area contributed by atoms with Crippen LogP contribution in [0.2, 0.25) is 0 Å². The summed E-state index contributed by atoms with van der Waals surface area (Å²) >= 11 is 1.78. The van der Waals surface area contributed by atoms with Crippen LogP contribution in [0.15, 0.2) is 42.2 Å². The molecule has 0 fully saturated rings. The molecule has 0 saturated heterocycles. The first-order valence-electron chi connectivity index (χ1n) is 6.47. The normalized spacial score (nSPS) is 12.7. The van der Waals surface area contributed by atoms with Crippen LogP contribution >= 0.6 is 11.3 Å². The van der Waals surface area contributed by atoms with Crippen LogP contribution in [0.3, 0.4) is 0 Å². The molecule has 0 amide bonds. The molecular weight excluding hydrogens is 256 g/mol. The van der Waals surface area contributed by atoms with E-state index in [9.17, 15) is 0 Å². The Morgan fingerprint density at radius 1 is 1.37 bits per heavy atom. The van der Waals surface area contributed by atoms with Crippen LogP contribution < -0.4 is 5.32 Å². The van der Waals surface area contributed by atoms with Crippen LogP contribution in [0, 0.1) is 0 Å². The summed E-state index contributed by atoms with van der Waals surface area (Å²) < 4.78 is 1.84. The zero-order valence-electron chi connectivity index (χ0n) is 10.8. The van der Waals surface area contributed by atoms with Crippen molar-refractivity contribution >= 4 is 22.7 Å². The second-order valence-electron chi connectivity index (χ2n) is 4.44. The van der Waals surface area contributed by atoms with E-state index in [2.05, 4.69) is 39.8 Å². The van der Waals surface area contributed by atoms with Gasteiger partial charge < -0.3 is 5.32 Å². The van der Waals surface area contributed by atoms with Gasteiger partial charge in [-0.05, 0) is 23.9 Å². The number of thiophene rings is 1. The molecule has 3 heterocycles. The van der Waals surface area contributed by atoms with E-state index < -0.39 is 0 Å². The smallest absolute Gasteiger partial charge is 0.152 e. The number of hydrogen-bond acceptors (Lipinski definition) is 4. The number of fused-ring (bicyclic) bond motifs is 1. The molecule has 98 valence electrons. The van der Waals surface area contributed by atoms with E-state index in [0.717, 1.165) is 24.2 Å². The molecule has 1 unspecified atom stereocenters. The molecule has 1 N–H and O–H groups in total. The van der Waals surface area contributed by atoms with Crippen molar-refractivity contribution in [1.29, 1.82) is 0 Å². The third-order valence-electron chi connectivity index (χ3n) is 3.10. The van der Waals surface area contributed by atoms with Crippen molar-refractivity contribution in [3.05, 3.63) is 47.0 Å². The first-order valence-corrected chi connectivity index (χ1v) is 7.34. The molecule has 3 aromatic rings. The molecule has 3 rings (SSSR count). The summed E-state index contributed by atoms with van der Waals surface area (Å²) in [6.07, 6.45) is 7.66. The minimum Gasteiger partial charge on any atom is -0.361 e. The quantitative estimate of drug-likeness (QED) is 0.769. The fourth-order valence-corrected chi connectivity index (χ4v) is 3.01. The minimum absolute atomic E-state index is 0.318. The highest BCUT2D eigenvalue weighted by Crippen LogP contribution is 2.28. The third kappa shape index (κ3) is 2.46. The van der Waals surface area contributed by atoms with Gasteiger partial charge in [0.05, 0.1) is 12.2 Å². The highest BCUT2D eigenvalue weighted by atomic mass is 32.1. The second-order valence-corrected chi connectivity index (χ2v) is 5.42. The Bertz CT molecular complexity index is 644. The first-order chi connectivity index (χ1) is 9.38. The second kappa shape index (κ2) is 5.40. The third-order valence-corrected chi connectivity index (χ3v) is 4.09. The average molecular weight is 272 g/mol. The molecule has 0 aliphatic rings. The average Bonchev–Trinajstić information content (AvgIpc) is 3.10. The van der Waals surface area contributed by atoms with Gasteiger partial charge in [-0.15, -0.1) is 11.3 Å². The zero-order chi connectivity index (χ0) is 13.1. The van der Waals surface area contributed by atoms with Crippen LogP contribution in [0.25, 0.3) is 5.52 Å². The van der Waals surface area contributed by atoms with Crippen molar-refractivity contribution in [2.24, 2.45) is 0 Å². The Morgan fingerprint density at radius 2 is 2.32 bits per heavy atom. The predicted octanol–water partition coefficient (Wildman–Crippen LogP) is 3.74. The number of rotatable bonds is 5. The van der Waals surface area contributed by atoms with Gasteiger partial charge in [0.1, 0.15) is 5.52 Å². The highest BCUT2D eigenvalue weighted by Gasteiger charge is 2.13.